The van der Waals surface area contributed by atoms with Crippen LogP contribution in [0.2, 0.25) is 0 Å². The summed E-state index contributed by atoms with van der Waals surface area (Å²) in [4.78, 5) is 3.94. The fourth-order valence-corrected chi connectivity index (χ4v) is 2.13. The zero-order valence-electron chi connectivity index (χ0n) is 11.7. The highest BCUT2D eigenvalue weighted by Gasteiger charge is 2.35. The second-order valence-corrected chi connectivity index (χ2v) is 4.90. The number of pyridine rings is 1. The molecule has 3 aromatic rings. The van der Waals surface area contributed by atoms with Crippen LogP contribution in [0.5, 0.6) is 0 Å². The third kappa shape index (κ3) is 2.72. The van der Waals surface area contributed by atoms with Crippen LogP contribution in [0.3, 0.4) is 0 Å². The summed E-state index contributed by atoms with van der Waals surface area (Å²) in [5.41, 5.74) is 1.63. The van der Waals surface area contributed by atoms with Gasteiger partial charge in [-0.25, -0.2) is 4.68 Å². The van der Waals surface area contributed by atoms with Crippen LogP contribution in [-0.4, -0.2) is 14.8 Å². The summed E-state index contributed by atoms with van der Waals surface area (Å²) in [7, 11) is 0. The quantitative estimate of drug-likeness (QED) is 0.708. The molecule has 2 heterocycles. The van der Waals surface area contributed by atoms with Crippen molar-refractivity contribution in [3.63, 3.8) is 0 Å². The second kappa shape index (κ2) is 5.29. The minimum absolute atomic E-state index is 0.375. The Balaban J connectivity index is 2.19. The van der Waals surface area contributed by atoms with Gasteiger partial charge in [0.1, 0.15) is 0 Å². The first-order valence-corrected chi connectivity index (χ1v) is 6.60. The lowest BCUT2D eigenvalue weighted by molar-refractivity contribution is -0.141. The van der Waals surface area contributed by atoms with Crippen molar-refractivity contribution in [2.24, 2.45) is 0 Å². The molecule has 0 spiro atoms. The monoisotopic (exact) mass is 303 g/mol. The minimum Gasteiger partial charge on any atom is -0.262 e. The molecule has 0 aliphatic heterocycles. The van der Waals surface area contributed by atoms with Crippen LogP contribution >= 0.6 is 0 Å². The van der Waals surface area contributed by atoms with Crippen LogP contribution in [0.15, 0.2) is 54.9 Å². The second-order valence-electron chi connectivity index (χ2n) is 4.90. The first-order valence-electron chi connectivity index (χ1n) is 6.60. The summed E-state index contributed by atoms with van der Waals surface area (Å²) in [5.74, 6) is 0. The molecule has 6 heteroatoms. The predicted octanol–water partition coefficient (Wildman–Crippen LogP) is 4.26. The van der Waals surface area contributed by atoms with Gasteiger partial charge in [0, 0.05) is 11.8 Å². The van der Waals surface area contributed by atoms with Gasteiger partial charge < -0.3 is 0 Å². The number of hydrogen-bond donors (Lipinski definition) is 0. The molecule has 0 bridgehead atoms. The van der Waals surface area contributed by atoms with Crippen LogP contribution in [-0.2, 0) is 6.18 Å². The Labute approximate surface area is 125 Å². The number of hydrogen-bond acceptors (Lipinski definition) is 2. The van der Waals surface area contributed by atoms with Gasteiger partial charge in [-0.2, -0.15) is 18.3 Å². The van der Waals surface area contributed by atoms with E-state index < -0.39 is 11.9 Å². The largest absolute Gasteiger partial charge is 0.435 e. The Morgan fingerprint density at radius 3 is 2.36 bits per heavy atom. The lowest BCUT2D eigenvalue weighted by atomic mass is 10.1. The van der Waals surface area contributed by atoms with E-state index in [9.17, 15) is 13.2 Å². The fourth-order valence-electron chi connectivity index (χ4n) is 2.13. The highest BCUT2D eigenvalue weighted by atomic mass is 19.4. The zero-order chi connectivity index (χ0) is 15.7. The van der Waals surface area contributed by atoms with Crippen LogP contribution in [0.1, 0.15) is 11.3 Å². The van der Waals surface area contributed by atoms with Crippen molar-refractivity contribution in [2.45, 2.75) is 13.1 Å². The van der Waals surface area contributed by atoms with Crippen LogP contribution in [0, 0.1) is 6.92 Å². The van der Waals surface area contributed by atoms with Gasteiger partial charge in [-0.15, -0.1) is 0 Å². The number of alkyl halides is 3. The molecule has 0 radical (unpaired) electrons. The van der Waals surface area contributed by atoms with E-state index in [-0.39, 0.29) is 0 Å². The number of halogens is 3. The van der Waals surface area contributed by atoms with E-state index in [0.717, 1.165) is 11.6 Å². The van der Waals surface area contributed by atoms with E-state index in [4.69, 9.17) is 0 Å². The fraction of sp³-hybridized carbons (Fsp3) is 0.125. The zero-order valence-corrected chi connectivity index (χ0v) is 11.7. The number of aryl methyl sites for hydroxylation is 1. The molecule has 0 atom stereocenters. The first-order chi connectivity index (χ1) is 10.4. The van der Waals surface area contributed by atoms with Gasteiger partial charge in [0.2, 0.25) is 0 Å². The molecule has 2 aromatic heterocycles. The SMILES string of the molecule is Cc1ccc(-c2cc(C(F)(F)F)nn2-c2cccnc2)cc1. The molecular formula is C16H12F3N3. The molecule has 0 saturated heterocycles. The van der Waals surface area contributed by atoms with Gasteiger partial charge >= 0.3 is 6.18 Å². The molecule has 0 aliphatic carbocycles. The van der Waals surface area contributed by atoms with E-state index in [1.165, 1.54) is 10.9 Å². The lowest BCUT2D eigenvalue weighted by Crippen LogP contribution is -2.07. The van der Waals surface area contributed by atoms with Gasteiger partial charge in [0.05, 0.1) is 17.6 Å². The molecule has 0 unspecified atom stereocenters. The predicted molar refractivity (Wildman–Crippen MR) is 76.5 cm³/mol. The number of nitrogens with zero attached hydrogens (tertiary/aromatic N) is 3. The molecule has 22 heavy (non-hydrogen) atoms. The normalized spacial score (nSPS) is 11.6. The molecule has 3 rings (SSSR count). The van der Waals surface area contributed by atoms with Crippen LogP contribution in [0.25, 0.3) is 16.9 Å². The summed E-state index contributed by atoms with van der Waals surface area (Å²) >= 11 is 0. The van der Waals surface area contributed by atoms with E-state index in [1.807, 2.05) is 19.1 Å². The standard InChI is InChI=1S/C16H12F3N3/c1-11-4-6-12(7-5-11)14-9-15(16(17,18)19)21-22(14)13-3-2-8-20-10-13/h2-10H,1H3. The minimum atomic E-state index is -4.49. The van der Waals surface area contributed by atoms with Gasteiger partial charge in [-0.05, 0) is 25.1 Å². The van der Waals surface area contributed by atoms with Crippen molar-refractivity contribution >= 4 is 0 Å². The molecular weight excluding hydrogens is 291 g/mol. The average molecular weight is 303 g/mol. The molecule has 0 aliphatic rings. The lowest BCUT2D eigenvalue weighted by Gasteiger charge is -2.07. The molecule has 0 amide bonds. The van der Waals surface area contributed by atoms with Crippen molar-refractivity contribution in [1.29, 1.82) is 0 Å². The summed E-state index contributed by atoms with van der Waals surface area (Å²) in [6.07, 6.45) is -1.46. The average Bonchev–Trinajstić information content (AvgIpc) is 2.94. The van der Waals surface area contributed by atoms with Gasteiger partial charge in [0.25, 0.3) is 0 Å². The Kier molecular flexibility index (Phi) is 3.44. The third-order valence-electron chi connectivity index (χ3n) is 3.24. The maximum atomic E-state index is 13.0. The van der Waals surface area contributed by atoms with E-state index in [0.29, 0.717) is 16.9 Å². The van der Waals surface area contributed by atoms with Crippen LogP contribution < -0.4 is 0 Å². The van der Waals surface area contributed by atoms with Gasteiger partial charge in [-0.1, -0.05) is 29.8 Å². The van der Waals surface area contributed by atoms with Crippen LogP contribution in [0.4, 0.5) is 13.2 Å². The topological polar surface area (TPSA) is 30.7 Å². The Bertz CT molecular complexity index is 775. The van der Waals surface area contributed by atoms with E-state index in [2.05, 4.69) is 10.1 Å². The summed E-state index contributed by atoms with van der Waals surface area (Å²) in [5, 5.41) is 3.70. The molecule has 1 aromatic carbocycles. The molecule has 0 saturated carbocycles. The van der Waals surface area contributed by atoms with Crippen molar-refractivity contribution in [2.75, 3.05) is 0 Å². The molecule has 112 valence electrons. The van der Waals surface area contributed by atoms with E-state index in [1.54, 1.807) is 30.5 Å². The highest BCUT2D eigenvalue weighted by molar-refractivity contribution is 5.63. The Hall–Kier alpha value is -2.63. The van der Waals surface area contributed by atoms with Gasteiger partial charge in [0.15, 0.2) is 5.69 Å². The molecule has 0 fully saturated rings. The van der Waals surface area contributed by atoms with Gasteiger partial charge in [-0.3, -0.25) is 4.98 Å². The first kappa shape index (κ1) is 14.3. The summed E-state index contributed by atoms with van der Waals surface area (Å²) in [6.45, 7) is 1.92. The summed E-state index contributed by atoms with van der Waals surface area (Å²) in [6, 6.07) is 11.6. The van der Waals surface area contributed by atoms with Crippen molar-refractivity contribution in [1.82, 2.24) is 14.8 Å². The number of benzene rings is 1. The Morgan fingerprint density at radius 1 is 1.05 bits per heavy atom. The van der Waals surface area contributed by atoms with E-state index >= 15 is 0 Å². The van der Waals surface area contributed by atoms with Crippen molar-refractivity contribution < 1.29 is 13.2 Å². The Morgan fingerprint density at radius 2 is 1.77 bits per heavy atom. The molecule has 0 N–H and O–H groups in total. The summed E-state index contributed by atoms with van der Waals surface area (Å²) < 4.78 is 40.2. The van der Waals surface area contributed by atoms with Crippen molar-refractivity contribution in [3.05, 3.63) is 66.1 Å². The maximum absolute atomic E-state index is 13.0. The number of aromatic nitrogens is 3. The van der Waals surface area contributed by atoms with Crippen molar-refractivity contribution in [3.8, 4) is 16.9 Å². The third-order valence-corrected chi connectivity index (χ3v) is 3.24. The molecule has 3 nitrogen and oxygen atoms in total. The number of rotatable bonds is 2. The highest BCUT2D eigenvalue weighted by Crippen LogP contribution is 2.33. The smallest absolute Gasteiger partial charge is 0.262 e. The maximum Gasteiger partial charge on any atom is 0.435 e.